The largest absolute Gasteiger partial charge is 0.466 e. The van der Waals surface area contributed by atoms with Crippen LogP contribution < -0.4 is 10.6 Å². The van der Waals surface area contributed by atoms with Crippen LogP contribution in [0, 0.1) is 19.8 Å². The molecule has 1 aromatic carbocycles. The molecule has 2 N–H and O–H groups in total. The van der Waals surface area contributed by atoms with Gasteiger partial charge in [-0.1, -0.05) is 37.3 Å². The summed E-state index contributed by atoms with van der Waals surface area (Å²) in [5.41, 5.74) is 2.35. The third-order valence-corrected chi connectivity index (χ3v) is 3.95. The molecule has 2 rings (SSSR count). The van der Waals surface area contributed by atoms with Crippen molar-refractivity contribution in [2.75, 3.05) is 20.2 Å². The van der Waals surface area contributed by atoms with Gasteiger partial charge in [-0.25, -0.2) is 0 Å². The molecule has 0 saturated carbocycles. The SMILES string of the molecule is CN=C(NCc1cc(C)oc1C)NCC(C)COCc1ccccc1. The third kappa shape index (κ3) is 6.63. The van der Waals surface area contributed by atoms with Gasteiger partial charge in [0.1, 0.15) is 11.5 Å². The molecule has 1 unspecified atom stereocenters. The Hall–Kier alpha value is -2.27. The number of ether oxygens (including phenoxy) is 1. The van der Waals surface area contributed by atoms with Crippen LogP contribution in [0.2, 0.25) is 0 Å². The Bertz CT molecular complexity index is 665. The van der Waals surface area contributed by atoms with E-state index in [0.29, 0.717) is 25.7 Å². The van der Waals surface area contributed by atoms with Gasteiger partial charge in [0.15, 0.2) is 5.96 Å². The van der Waals surface area contributed by atoms with Gasteiger partial charge in [-0.2, -0.15) is 0 Å². The van der Waals surface area contributed by atoms with Crippen molar-refractivity contribution in [1.29, 1.82) is 0 Å². The van der Waals surface area contributed by atoms with Crippen LogP contribution in [0.4, 0.5) is 0 Å². The molecule has 0 aliphatic carbocycles. The third-order valence-electron chi connectivity index (χ3n) is 3.95. The summed E-state index contributed by atoms with van der Waals surface area (Å²) in [6.07, 6.45) is 0. The fourth-order valence-electron chi connectivity index (χ4n) is 2.54. The Kier molecular flexibility index (Phi) is 7.54. The highest BCUT2D eigenvalue weighted by atomic mass is 16.5. The van der Waals surface area contributed by atoms with Crippen LogP contribution in [0.25, 0.3) is 0 Å². The molecule has 1 atom stereocenters. The molecule has 5 nitrogen and oxygen atoms in total. The lowest BCUT2D eigenvalue weighted by molar-refractivity contribution is 0.0931. The first-order valence-electron chi connectivity index (χ1n) is 8.70. The van der Waals surface area contributed by atoms with E-state index >= 15 is 0 Å². The second-order valence-corrected chi connectivity index (χ2v) is 6.35. The minimum atomic E-state index is 0.389. The number of hydrogen-bond acceptors (Lipinski definition) is 3. The fourth-order valence-corrected chi connectivity index (χ4v) is 2.54. The smallest absolute Gasteiger partial charge is 0.191 e. The summed E-state index contributed by atoms with van der Waals surface area (Å²) >= 11 is 0. The molecule has 5 heteroatoms. The molecule has 2 aromatic rings. The molecule has 0 fully saturated rings. The van der Waals surface area contributed by atoms with E-state index in [0.717, 1.165) is 29.6 Å². The molecule has 0 saturated heterocycles. The lowest BCUT2D eigenvalue weighted by Gasteiger charge is -2.16. The van der Waals surface area contributed by atoms with Gasteiger partial charge in [-0.05, 0) is 31.4 Å². The maximum Gasteiger partial charge on any atom is 0.191 e. The van der Waals surface area contributed by atoms with Gasteiger partial charge in [0, 0.05) is 25.7 Å². The minimum Gasteiger partial charge on any atom is -0.466 e. The summed E-state index contributed by atoms with van der Waals surface area (Å²) in [7, 11) is 1.78. The van der Waals surface area contributed by atoms with Gasteiger partial charge in [0.25, 0.3) is 0 Å². The Balaban J connectivity index is 1.66. The lowest BCUT2D eigenvalue weighted by atomic mass is 10.2. The van der Waals surface area contributed by atoms with Gasteiger partial charge < -0.3 is 19.8 Å². The Labute approximate surface area is 150 Å². The molecule has 1 aromatic heterocycles. The van der Waals surface area contributed by atoms with Crippen molar-refractivity contribution in [3.05, 3.63) is 59.0 Å². The maximum absolute atomic E-state index is 5.78. The lowest BCUT2D eigenvalue weighted by Crippen LogP contribution is -2.39. The predicted octanol–water partition coefficient (Wildman–Crippen LogP) is 3.41. The van der Waals surface area contributed by atoms with E-state index in [4.69, 9.17) is 9.15 Å². The topological polar surface area (TPSA) is 58.8 Å². The first-order valence-corrected chi connectivity index (χ1v) is 8.70. The minimum absolute atomic E-state index is 0.389. The molecular weight excluding hydrogens is 314 g/mol. The van der Waals surface area contributed by atoms with Crippen LogP contribution in [0.15, 0.2) is 45.8 Å². The van der Waals surface area contributed by atoms with Crippen molar-refractivity contribution in [3.8, 4) is 0 Å². The number of nitrogens with one attached hydrogen (secondary N) is 2. The number of aryl methyl sites for hydroxylation is 2. The van der Waals surface area contributed by atoms with Crippen LogP contribution in [0.5, 0.6) is 0 Å². The number of aliphatic imine (C=N–C) groups is 1. The molecule has 0 aliphatic rings. The average molecular weight is 343 g/mol. The zero-order valence-corrected chi connectivity index (χ0v) is 15.6. The second-order valence-electron chi connectivity index (χ2n) is 6.35. The zero-order valence-electron chi connectivity index (χ0n) is 15.6. The molecule has 1 heterocycles. The summed E-state index contributed by atoms with van der Waals surface area (Å²) in [6, 6.07) is 12.3. The Morgan fingerprint density at radius 3 is 2.60 bits per heavy atom. The van der Waals surface area contributed by atoms with E-state index in [-0.39, 0.29) is 0 Å². The fraction of sp³-hybridized carbons (Fsp3) is 0.450. The number of furan rings is 1. The van der Waals surface area contributed by atoms with Crippen molar-refractivity contribution >= 4 is 5.96 Å². The first-order chi connectivity index (χ1) is 12.1. The van der Waals surface area contributed by atoms with Gasteiger partial charge in [-0.3, -0.25) is 4.99 Å². The molecule has 0 spiro atoms. The van der Waals surface area contributed by atoms with Crippen LogP contribution in [0.3, 0.4) is 0 Å². The van der Waals surface area contributed by atoms with Crippen LogP contribution in [-0.2, 0) is 17.9 Å². The zero-order chi connectivity index (χ0) is 18.1. The summed E-state index contributed by atoms with van der Waals surface area (Å²) in [4.78, 5) is 4.26. The predicted molar refractivity (Wildman–Crippen MR) is 102 cm³/mol. The highest BCUT2D eigenvalue weighted by molar-refractivity contribution is 5.79. The standard InChI is InChI=1S/C20H29N3O2/c1-15(13-24-14-18-8-6-5-7-9-18)11-22-20(21-4)23-12-19-10-16(2)25-17(19)3/h5-10,15H,11-14H2,1-4H3,(H2,21,22,23). The van der Waals surface area contributed by atoms with Crippen molar-refractivity contribution < 1.29 is 9.15 Å². The van der Waals surface area contributed by atoms with Crippen LogP contribution in [-0.4, -0.2) is 26.2 Å². The monoisotopic (exact) mass is 343 g/mol. The maximum atomic E-state index is 5.78. The number of hydrogen-bond donors (Lipinski definition) is 2. The van der Waals surface area contributed by atoms with Gasteiger partial charge >= 0.3 is 0 Å². The van der Waals surface area contributed by atoms with E-state index < -0.39 is 0 Å². The van der Waals surface area contributed by atoms with E-state index in [1.165, 1.54) is 5.56 Å². The average Bonchev–Trinajstić information content (AvgIpc) is 2.93. The molecule has 0 aliphatic heterocycles. The van der Waals surface area contributed by atoms with Crippen molar-refractivity contribution in [3.63, 3.8) is 0 Å². The number of benzene rings is 1. The second kappa shape index (κ2) is 9.89. The van der Waals surface area contributed by atoms with Gasteiger partial charge in [-0.15, -0.1) is 0 Å². The molecule has 0 bridgehead atoms. The first kappa shape index (κ1) is 19.1. The summed E-state index contributed by atoms with van der Waals surface area (Å²) < 4.78 is 11.3. The van der Waals surface area contributed by atoms with E-state index in [1.807, 2.05) is 32.0 Å². The normalized spacial score (nSPS) is 12.9. The van der Waals surface area contributed by atoms with Crippen molar-refractivity contribution in [2.45, 2.75) is 33.9 Å². The summed E-state index contributed by atoms with van der Waals surface area (Å²) in [5, 5.41) is 6.66. The Morgan fingerprint density at radius 1 is 1.20 bits per heavy atom. The molecular formula is C20H29N3O2. The summed E-state index contributed by atoms with van der Waals surface area (Å²) in [6.45, 7) is 8.96. The number of rotatable bonds is 8. The molecule has 136 valence electrons. The van der Waals surface area contributed by atoms with E-state index in [2.05, 4.69) is 40.7 Å². The van der Waals surface area contributed by atoms with Crippen LogP contribution in [0.1, 0.15) is 29.6 Å². The Morgan fingerprint density at radius 2 is 1.96 bits per heavy atom. The van der Waals surface area contributed by atoms with E-state index in [1.54, 1.807) is 7.05 Å². The van der Waals surface area contributed by atoms with E-state index in [9.17, 15) is 0 Å². The van der Waals surface area contributed by atoms with Gasteiger partial charge in [0.2, 0.25) is 0 Å². The summed E-state index contributed by atoms with van der Waals surface area (Å²) in [5.74, 6) is 3.05. The van der Waals surface area contributed by atoms with Crippen molar-refractivity contribution in [1.82, 2.24) is 10.6 Å². The quantitative estimate of drug-likeness (QED) is 0.570. The van der Waals surface area contributed by atoms with Crippen LogP contribution >= 0.6 is 0 Å². The number of guanidine groups is 1. The molecule has 0 radical (unpaired) electrons. The highest BCUT2D eigenvalue weighted by Crippen LogP contribution is 2.12. The molecule has 0 amide bonds. The van der Waals surface area contributed by atoms with Crippen molar-refractivity contribution in [2.24, 2.45) is 10.9 Å². The molecule has 25 heavy (non-hydrogen) atoms. The van der Waals surface area contributed by atoms with Gasteiger partial charge in [0.05, 0.1) is 13.2 Å². The highest BCUT2D eigenvalue weighted by Gasteiger charge is 2.07. The number of nitrogens with zero attached hydrogens (tertiary/aromatic N) is 1.